The molecule has 0 unspecified atom stereocenters. The predicted octanol–water partition coefficient (Wildman–Crippen LogP) is 2.48. The molecule has 0 spiro atoms. The first kappa shape index (κ1) is 13.8. The Morgan fingerprint density at radius 1 is 1.50 bits per heavy atom. The monoisotopic (exact) mass is 259 g/mol. The molecule has 0 aromatic heterocycles. The first-order chi connectivity index (χ1) is 8.51. The molecule has 0 N–H and O–H groups in total. The van der Waals surface area contributed by atoms with Crippen LogP contribution in [0.2, 0.25) is 0 Å². The maximum Gasteiger partial charge on any atom is 0.387 e. The van der Waals surface area contributed by atoms with Gasteiger partial charge in [-0.15, -0.1) is 0 Å². The zero-order chi connectivity index (χ0) is 13.7. The molecule has 7 heteroatoms. The number of hydrogen-bond acceptors (Lipinski definition) is 4. The van der Waals surface area contributed by atoms with Crippen molar-refractivity contribution < 1.29 is 27.4 Å². The highest BCUT2D eigenvalue weighted by atomic mass is 19.3. The fourth-order valence-corrected chi connectivity index (χ4v) is 1.24. The number of benzene rings is 1. The van der Waals surface area contributed by atoms with Crippen molar-refractivity contribution in [3.05, 3.63) is 29.1 Å². The van der Waals surface area contributed by atoms with Crippen molar-refractivity contribution in [1.82, 2.24) is 0 Å². The lowest BCUT2D eigenvalue weighted by Crippen LogP contribution is -2.12. The van der Waals surface area contributed by atoms with E-state index in [4.69, 9.17) is 5.26 Å². The number of nitrogens with zero attached hydrogens (tertiary/aromatic N) is 1. The Balaban J connectivity index is 3.28. The SMILES string of the molecule is CCOC(=O)c1c(C#N)ccc(OC(F)F)c1F. The Kier molecular flexibility index (Phi) is 4.54. The van der Waals surface area contributed by atoms with E-state index in [0.29, 0.717) is 0 Å². The van der Waals surface area contributed by atoms with Gasteiger partial charge in [0.1, 0.15) is 11.6 Å². The molecule has 1 aromatic carbocycles. The van der Waals surface area contributed by atoms with Crippen LogP contribution < -0.4 is 4.74 Å². The summed E-state index contributed by atoms with van der Waals surface area (Å²) in [6.07, 6.45) is 0. The first-order valence-electron chi connectivity index (χ1n) is 4.85. The van der Waals surface area contributed by atoms with Crippen LogP contribution in [0.25, 0.3) is 0 Å². The van der Waals surface area contributed by atoms with Gasteiger partial charge in [-0.2, -0.15) is 14.0 Å². The topological polar surface area (TPSA) is 59.3 Å². The predicted molar refractivity (Wildman–Crippen MR) is 53.7 cm³/mol. The van der Waals surface area contributed by atoms with Crippen LogP contribution in [0.15, 0.2) is 12.1 Å². The van der Waals surface area contributed by atoms with Crippen molar-refractivity contribution in [2.24, 2.45) is 0 Å². The Bertz CT molecular complexity index is 497. The Morgan fingerprint density at radius 3 is 2.67 bits per heavy atom. The van der Waals surface area contributed by atoms with Gasteiger partial charge in [0.25, 0.3) is 0 Å². The maximum atomic E-state index is 13.7. The van der Waals surface area contributed by atoms with Crippen LogP contribution >= 0.6 is 0 Å². The van der Waals surface area contributed by atoms with Gasteiger partial charge < -0.3 is 9.47 Å². The fraction of sp³-hybridized carbons (Fsp3) is 0.273. The molecule has 96 valence electrons. The van der Waals surface area contributed by atoms with Gasteiger partial charge in [-0.3, -0.25) is 0 Å². The van der Waals surface area contributed by atoms with Gasteiger partial charge in [-0.25, -0.2) is 9.18 Å². The van der Waals surface area contributed by atoms with Crippen molar-refractivity contribution in [2.45, 2.75) is 13.5 Å². The van der Waals surface area contributed by atoms with Crippen molar-refractivity contribution >= 4 is 5.97 Å². The van der Waals surface area contributed by atoms with Gasteiger partial charge in [0, 0.05) is 0 Å². The number of alkyl halides is 2. The Labute approximate surface area is 101 Å². The minimum absolute atomic E-state index is 0.0386. The van der Waals surface area contributed by atoms with E-state index in [9.17, 15) is 18.0 Å². The van der Waals surface area contributed by atoms with Gasteiger partial charge >= 0.3 is 12.6 Å². The quantitative estimate of drug-likeness (QED) is 0.779. The smallest absolute Gasteiger partial charge is 0.387 e. The minimum atomic E-state index is -3.23. The van der Waals surface area contributed by atoms with E-state index >= 15 is 0 Å². The lowest BCUT2D eigenvalue weighted by atomic mass is 10.1. The second-order valence-corrected chi connectivity index (χ2v) is 3.01. The first-order valence-corrected chi connectivity index (χ1v) is 4.85. The van der Waals surface area contributed by atoms with Gasteiger partial charge in [0.05, 0.1) is 12.2 Å². The third-order valence-electron chi connectivity index (χ3n) is 1.92. The molecule has 0 aliphatic heterocycles. The van der Waals surface area contributed by atoms with E-state index in [-0.39, 0.29) is 12.2 Å². The Morgan fingerprint density at radius 2 is 2.17 bits per heavy atom. The molecule has 1 rings (SSSR count). The van der Waals surface area contributed by atoms with Crippen LogP contribution in [0.3, 0.4) is 0 Å². The van der Waals surface area contributed by atoms with E-state index in [0.717, 1.165) is 12.1 Å². The average molecular weight is 259 g/mol. The molecule has 4 nitrogen and oxygen atoms in total. The van der Waals surface area contributed by atoms with Crippen LogP contribution in [-0.4, -0.2) is 19.2 Å². The largest absolute Gasteiger partial charge is 0.462 e. The molecule has 0 aliphatic rings. The number of carbonyl (C=O) groups excluding carboxylic acids is 1. The van der Waals surface area contributed by atoms with E-state index in [1.807, 2.05) is 0 Å². The molecule has 0 fully saturated rings. The molecule has 1 aromatic rings. The average Bonchev–Trinajstić information content (AvgIpc) is 2.31. The zero-order valence-corrected chi connectivity index (χ0v) is 9.25. The van der Waals surface area contributed by atoms with Gasteiger partial charge in [0.2, 0.25) is 0 Å². The molecule has 0 heterocycles. The van der Waals surface area contributed by atoms with E-state index in [2.05, 4.69) is 9.47 Å². The summed E-state index contributed by atoms with van der Waals surface area (Å²) in [4.78, 5) is 11.4. The standard InChI is InChI=1S/C11H8F3NO3/c1-2-17-10(16)8-6(5-15)3-4-7(9(8)12)18-11(13)14/h3-4,11H,2H2,1H3. The van der Waals surface area contributed by atoms with Crippen molar-refractivity contribution in [2.75, 3.05) is 6.61 Å². The number of hydrogen-bond donors (Lipinski definition) is 0. The summed E-state index contributed by atoms with van der Waals surface area (Å²) >= 11 is 0. The number of carbonyl (C=O) groups is 1. The molecule has 0 atom stereocenters. The highest BCUT2D eigenvalue weighted by molar-refractivity contribution is 5.93. The second kappa shape index (κ2) is 5.91. The molecule has 0 bridgehead atoms. The molecule has 0 amide bonds. The minimum Gasteiger partial charge on any atom is -0.462 e. The summed E-state index contributed by atoms with van der Waals surface area (Å²) in [7, 11) is 0. The van der Waals surface area contributed by atoms with Crippen molar-refractivity contribution in [3.63, 3.8) is 0 Å². The van der Waals surface area contributed by atoms with Crippen LogP contribution in [0.1, 0.15) is 22.8 Å². The third-order valence-corrected chi connectivity index (χ3v) is 1.92. The van der Waals surface area contributed by atoms with Crippen LogP contribution in [0.5, 0.6) is 5.75 Å². The molecule has 0 radical (unpaired) electrons. The highest BCUT2D eigenvalue weighted by Gasteiger charge is 2.23. The third kappa shape index (κ3) is 2.91. The number of halogens is 3. The van der Waals surface area contributed by atoms with E-state index in [1.165, 1.54) is 6.92 Å². The van der Waals surface area contributed by atoms with Crippen molar-refractivity contribution in [1.29, 1.82) is 5.26 Å². The molecule has 0 saturated heterocycles. The molecular formula is C11H8F3NO3. The summed E-state index contributed by atoms with van der Waals surface area (Å²) in [5, 5.41) is 8.72. The maximum absolute atomic E-state index is 13.7. The van der Waals surface area contributed by atoms with Gasteiger partial charge in [-0.05, 0) is 19.1 Å². The summed E-state index contributed by atoms with van der Waals surface area (Å²) in [5.74, 6) is -3.26. The molecule has 0 saturated carbocycles. The van der Waals surface area contributed by atoms with E-state index in [1.54, 1.807) is 6.07 Å². The highest BCUT2D eigenvalue weighted by Crippen LogP contribution is 2.25. The second-order valence-electron chi connectivity index (χ2n) is 3.01. The van der Waals surface area contributed by atoms with Crippen molar-refractivity contribution in [3.8, 4) is 11.8 Å². The Hall–Kier alpha value is -2.23. The van der Waals surface area contributed by atoms with Crippen LogP contribution in [-0.2, 0) is 4.74 Å². The molecule has 18 heavy (non-hydrogen) atoms. The number of ether oxygens (including phenoxy) is 2. The molecule has 0 aliphatic carbocycles. The van der Waals surface area contributed by atoms with Crippen LogP contribution in [0.4, 0.5) is 13.2 Å². The lowest BCUT2D eigenvalue weighted by molar-refractivity contribution is -0.0523. The number of rotatable bonds is 4. The van der Waals surface area contributed by atoms with Gasteiger partial charge in [0.15, 0.2) is 11.6 Å². The zero-order valence-electron chi connectivity index (χ0n) is 9.25. The van der Waals surface area contributed by atoms with E-state index < -0.39 is 29.7 Å². The summed E-state index contributed by atoms with van der Waals surface area (Å²) < 4.78 is 46.2. The lowest BCUT2D eigenvalue weighted by Gasteiger charge is -2.10. The molecular weight excluding hydrogens is 251 g/mol. The fourth-order valence-electron chi connectivity index (χ4n) is 1.24. The normalized spacial score (nSPS) is 10.0. The number of esters is 1. The number of nitriles is 1. The van der Waals surface area contributed by atoms with Gasteiger partial charge in [-0.1, -0.05) is 0 Å². The summed E-state index contributed by atoms with van der Waals surface area (Å²) in [5.41, 5.74) is -1.02. The van der Waals surface area contributed by atoms with Crippen LogP contribution in [0, 0.1) is 17.1 Å². The summed E-state index contributed by atoms with van der Waals surface area (Å²) in [6.45, 7) is -1.78. The summed E-state index contributed by atoms with van der Waals surface area (Å²) in [6, 6.07) is 3.43.